The van der Waals surface area contributed by atoms with Gasteiger partial charge in [-0.15, -0.1) is 0 Å². The van der Waals surface area contributed by atoms with Crippen molar-refractivity contribution >= 4 is 28.6 Å². The fourth-order valence-corrected chi connectivity index (χ4v) is 3.51. The second-order valence-corrected chi connectivity index (χ2v) is 7.10. The summed E-state index contributed by atoms with van der Waals surface area (Å²) < 4.78 is 7.05. The SMILES string of the molecule is Cn1nc(NC(=O)c2ccc(N3CCOCC3)nc2)cc1-c1nc2ccccc2[nH]1. The van der Waals surface area contributed by atoms with Crippen molar-refractivity contribution in [3.63, 3.8) is 0 Å². The van der Waals surface area contributed by atoms with Gasteiger partial charge in [-0.25, -0.2) is 9.97 Å². The van der Waals surface area contributed by atoms with Crippen molar-refractivity contribution in [1.82, 2.24) is 24.7 Å². The van der Waals surface area contributed by atoms with Crippen molar-refractivity contribution in [3.8, 4) is 11.5 Å². The zero-order valence-corrected chi connectivity index (χ0v) is 16.5. The molecule has 4 heterocycles. The third-order valence-corrected chi connectivity index (χ3v) is 5.10. The van der Waals surface area contributed by atoms with Gasteiger partial charge in [-0.2, -0.15) is 5.10 Å². The monoisotopic (exact) mass is 403 g/mol. The number of pyridine rings is 1. The lowest BCUT2D eigenvalue weighted by atomic mass is 10.2. The van der Waals surface area contributed by atoms with Crippen molar-refractivity contribution in [3.05, 3.63) is 54.2 Å². The first-order chi connectivity index (χ1) is 14.7. The molecule has 9 nitrogen and oxygen atoms in total. The largest absolute Gasteiger partial charge is 0.378 e. The molecule has 30 heavy (non-hydrogen) atoms. The third kappa shape index (κ3) is 3.50. The van der Waals surface area contributed by atoms with Crippen molar-refractivity contribution < 1.29 is 9.53 Å². The highest BCUT2D eigenvalue weighted by molar-refractivity contribution is 6.03. The number of carbonyl (C=O) groups is 1. The summed E-state index contributed by atoms with van der Waals surface area (Å²) >= 11 is 0. The Balaban J connectivity index is 1.32. The summed E-state index contributed by atoms with van der Waals surface area (Å²) in [5.41, 5.74) is 3.08. The molecule has 0 unspecified atom stereocenters. The Labute approximate surface area is 172 Å². The first kappa shape index (κ1) is 18.3. The molecule has 1 aromatic carbocycles. The van der Waals surface area contributed by atoms with Crippen molar-refractivity contribution in [2.75, 3.05) is 36.5 Å². The number of fused-ring (bicyclic) bond motifs is 1. The number of carbonyl (C=O) groups excluding carboxylic acids is 1. The lowest BCUT2D eigenvalue weighted by Gasteiger charge is -2.27. The number of rotatable bonds is 4. The molecule has 0 spiro atoms. The molecule has 5 rings (SSSR count). The van der Waals surface area contributed by atoms with E-state index in [-0.39, 0.29) is 5.91 Å². The molecule has 1 aliphatic heterocycles. The Hall–Kier alpha value is -3.72. The molecule has 2 N–H and O–H groups in total. The molecule has 0 radical (unpaired) electrons. The second kappa shape index (κ2) is 7.60. The lowest BCUT2D eigenvalue weighted by molar-refractivity contribution is 0.102. The van der Waals surface area contributed by atoms with E-state index in [4.69, 9.17) is 4.74 Å². The number of nitrogens with zero attached hydrogens (tertiary/aromatic N) is 5. The van der Waals surface area contributed by atoms with Gasteiger partial charge >= 0.3 is 0 Å². The van der Waals surface area contributed by atoms with E-state index in [0.29, 0.717) is 30.4 Å². The number of hydrogen-bond donors (Lipinski definition) is 2. The number of hydrogen-bond acceptors (Lipinski definition) is 6. The first-order valence-corrected chi connectivity index (χ1v) is 9.77. The Morgan fingerprint density at radius 1 is 1.17 bits per heavy atom. The summed E-state index contributed by atoms with van der Waals surface area (Å²) in [6.45, 7) is 2.99. The standard InChI is InChI=1S/C21H21N7O2/c1-27-17(20-23-15-4-2-3-5-16(15)24-20)12-18(26-27)25-21(29)14-6-7-19(22-13-14)28-8-10-30-11-9-28/h2-7,12-13H,8-11H2,1H3,(H,23,24)(H,25,26,29). The second-order valence-electron chi connectivity index (χ2n) is 7.10. The average molecular weight is 403 g/mol. The van der Waals surface area contributed by atoms with Crippen LogP contribution in [0.1, 0.15) is 10.4 Å². The van der Waals surface area contributed by atoms with Crippen molar-refractivity contribution in [1.29, 1.82) is 0 Å². The highest BCUT2D eigenvalue weighted by Crippen LogP contribution is 2.23. The molecule has 9 heteroatoms. The molecular weight excluding hydrogens is 382 g/mol. The number of aromatic nitrogens is 5. The molecule has 0 atom stereocenters. The molecule has 0 aliphatic carbocycles. The van der Waals surface area contributed by atoms with Gasteiger partial charge in [-0.05, 0) is 24.3 Å². The molecular formula is C21H21N7O2. The van der Waals surface area contributed by atoms with Crippen molar-refractivity contribution in [2.45, 2.75) is 0 Å². The Bertz CT molecular complexity index is 1160. The molecule has 0 bridgehead atoms. The van der Waals surface area contributed by atoms with E-state index in [2.05, 4.69) is 30.3 Å². The Kier molecular flexibility index (Phi) is 4.64. The molecule has 1 amide bonds. The summed E-state index contributed by atoms with van der Waals surface area (Å²) in [5, 5.41) is 7.23. The predicted octanol–water partition coefficient (Wildman–Crippen LogP) is 2.45. The maximum Gasteiger partial charge on any atom is 0.258 e. The maximum absolute atomic E-state index is 12.6. The number of aryl methyl sites for hydroxylation is 1. The summed E-state index contributed by atoms with van der Waals surface area (Å²) in [4.78, 5) is 27.1. The number of benzene rings is 1. The minimum absolute atomic E-state index is 0.259. The van der Waals surface area contributed by atoms with Crippen LogP contribution in [0.4, 0.5) is 11.6 Å². The fourth-order valence-electron chi connectivity index (χ4n) is 3.51. The number of imidazole rings is 1. The van der Waals surface area contributed by atoms with Gasteiger partial charge in [0, 0.05) is 32.4 Å². The number of anilines is 2. The topological polar surface area (TPSA) is 101 Å². The van der Waals surface area contributed by atoms with Gasteiger partial charge < -0.3 is 19.9 Å². The number of para-hydroxylation sites is 2. The van der Waals surface area contributed by atoms with Crippen LogP contribution >= 0.6 is 0 Å². The number of ether oxygens (including phenoxy) is 1. The van der Waals surface area contributed by atoms with E-state index >= 15 is 0 Å². The van der Waals surface area contributed by atoms with Crippen LogP contribution in [0.3, 0.4) is 0 Å². The molecule has 1 saturated heterocycles. The number of nitrogens with one attached hydrogen (secondary N) is 2. The van der Waals surface area contributed by atoms with Crippen molar-refractivity contribution in [2.24, 2.45) is 7.05 Å². The van der Waals surface area contributed by atoms with Gasteiger partial charge in [0.1, 0.15) is 11.5 Å². The van der Waals surface area contributed by atoms with E-state index in [1.807, 2.05) is 37.4 Å². The summed E-state index contributed by atoms with van der Waals surface area (Å²) in [7, 11) is 1.82. The Morgan fingerprint density at radius 3 is 2.77 bits per heavy atom. The zero-order chi connectivity index (χ0) is 20.5. The van der Waals surface area contributed by atoms with Gasteiger partial charge in [0.05, 0.1) is 29.8 Å². The average Bonchev–Trinajstić information content (AvgIpc) is 3.37. The predicted molar refractivity (Wildman–Crippen MR) is 114 cm³/mol. The van der Waals surface area contributed by atoms with Crippen LogP contribution in [0, 0.1) is 0 Å². The molecule has 1 aliphatic rings. The molecule has 1 fully saturated rings. The zero-order valence-electron chi connectivity index (χ0n) is 16.5. The van der Waals surface area contributed by atoms with Crippen LogP contribution in [0.5, 0.6) is 0 Å². The first-order valence-electron chi connectivity index (χ1n) is 9.77. The van der Waals surface area contributed by atoms with E-state index in [1.165, 1.54) is 0 Å². The van der Waals surface area contributed by atoms with Gasteiger partial charge in [0.15, 0.2) is 11.6 Å². The molecule has 0 saturated carbocycles. The van der Waals surface area contributed by atoms with Crippen LogP contribution < -0.4 is 10.2 Å². The van der Waals surface area contributed by atoms with E-state index < -0.39 is 0 Å². The van der Waals surface area contributed by atoms with E-state index in [1.54, 1.807) is 23.0 Å². The molecule has 152 valence electrons. The summed E-state index contributed by atoms with van der Waals surface area (Å²) in [6, 6.07) is 13.2. The van der Waals surface area contributed by atoms with Crippen LogP contribution in [-0.4, -0.2) is 56.9 Å². The van der Waals surface area contributed by atoms with E-state index in [9.17, 15) is 4.79 Å². The van der Waals surface area contributed by atoms with Gasteiger partial charge in [0.2, 0.25) is 0 Å². The smallest absolute Gasteiger partial charge is 0.258 e. The number of aromatic amines is 1. The molecule has 4 aromatic rings. The molecule has 3 aromatic heterocycles. The minimum Gasteiger partial charge on any atom is -0.378 e. The highest BCUT2D eigenvalue weighted by atomic mass is 16.5. The minimum atomic E-state index is -0.259. The third-order valence-electron chi connectivity index (χ3n) is 5.10. The highest BCUT2D eigenvalue weighted by Gasteiger charge is 2.16. The normalized spacial score (nSPS) is 14.2. The lowest BCUT2D eigenvalue weighted by Crippen LogP contribution is -2.36. The number of morpholine rings is 1. The summed E-state index contributed by atoms with van der Waals surface area (Å²) in [6.07, 6.45) is 1.59. The van der Waals surface area contributed by atoms with Gasteiger partial charge in [0.25, 0.3) is 5.91 Å². The van der Waals surface area contributed by atoms with Crippen LogP contribution in [0.25, 0.3) is 22.6 Å². The number of H-pyrrole nitrogens is 1. The van der Waals surface area contributed by atoms with Gasteiger partial charge in [-0.3, -0.25) is 9.48 Å². The summed E-state index contributed by atoms with van der Waals surface area (Å²) in [5.74, 6) is 1.74. The quantitative estimate of drug-likeness (QED) is 0.543. The fraction of sp³-hybridized carbons (Fsp3) is 0.238. The van der Waals surface area contributed by atoms with E-state index in [0.717, 1.165) is 35.6 Å². The van der Waals surface area contributed by atoms with Gasteiger partial charge in [-0.1, -0.05) is 12.1 Å². The van der Waals surface area contributed by atoms with Crippen LogP contribution in [0.2, 0.25) is 0 Å². The van der Waals surface area contributed by atoms with Crippen LogP contribution in [0.15, 0.2) is 48.7 Å². The maximum atomic E-state index is 12.6. The Morgan fingerprint density at radius 2 is 2.00 bits per heavy atom. The number of amides is 1. The van der Waals surface area contributed by atoms with Crippen LogP contribution in [-0.2, 0) is 11.8 Å².